The first-order chi connectivity index (χ1) is 26.8. The Balaban J connectivity index is 4.80. The van der Waals surface area contributed by atoms with Crippen LogP contribution in [0.25, 0.3) is 0 Å². The first-order valence-electron chi connectivity index (χ1n) is 23.1. The van der Waals surface area contributed by atoms with E-state index in [0.717, 1.165) is 77.2 Å². The molecule has 0 aromatic carbocycles. The van der Waals surface area contributed by atoms with Gasteiger partial charge < -0.3 is 19.7 Å². The Morgan fingerprint density at radius 1 is 0.545 bits per heavy atom. The highest BCUT2D eigenvalue weighted by atomic mass is 16.5. The summed E-state index contributed by atoms with van der Waals surface area (Å²) >= 11 is 0. The normalized spacial score (nSPS) is 13.0. The van der Waals surface area contributed by atoms with Crippen LogP contribution in [0.15, 0.2) is 36.5 Å². The molecule has 0 spiro atoms. The van der Waals surface area contributed by atoms with Crippen LogP contribution in [0, 0.1) is 0 Å². The Bertz CT molecular complexity index is 975. The second-order valence-corrected chi connectivity index (χ2v) is 15.9. The summed E-state index contributed by atoms with van der Waals surface area (Å²) in [6.07, 6.45) is 44.5. The maximum absolute atomic E-state index is 13.2. The standard InChI is InChI=1S/C48H88N2O5/c1-6-9-12-15-18-19-20-21-22-23-24-25-26-29-32-35-43-54-48(53)45(49-46(51)39-36-42-50(4)5)40-41-47(52)55-44(37-33-30-27-16-13-10-7-2)38-34-31-28-17-14-11-8-3/h18-19,21-22,27,30,44-45H,6-17,20,23-26,28-29,31-43H2,1-5H3,(H,49,51)/b19-18-,22-21-,30-27-/t44?,45-/m0/s1. The fourth-order valence-corrected chi connectivity index (χ4v) is 6.56. The van der Waals surface area contributed by atoms with Gasteiger partial charge in [0.2, 0.25) is 5.91 Å². The molecule has 0 fully saturated rings. The molecule has 0 radical (unpaired) electrons. The molecule has 0 aromatic rings. The number of unbranched alkanes of at least 4 members (excludes halogenated alkanes) is 18. The lowest BCUT2D eigenvalue weighted by Crippen LogP contribution is -2.42. The molecule has 1 amide bonds. The van der Waals surface area contributed by atoms with E-state index in [1.807, 2.05) is 19.0 Å². The molecule has 0 aliphatic carbocycles. The van der Waals surface area contributed by atoms with Crippen molar-refractivity contribution in [2.75, 3.05) is 27.2 Å². The van der Waals surface area contributed by atoms with Crippen molar-refractivity contribution in [3.05, 3.63) is 36.5 Å². The molecule has 0 aliphatic heterocycles. The number of hydrogen-bond acceptors (Lipinski definition) is 6. The van der Waals surface area contributed by atoms with E-state index in [2.05, 4.69) is 62.5 Å². The monoisotopic (exact) mass is 773 g/mol. The highest BCUT2D eigenvalue weighted by Crippen LogP contribution is 2.17. The van der Waals surface area contributed by atoms with Gasteiger partial charge in [0.05, 0.1) is 6.61 Å². The third-order valence-corrected chi connectivity index (χ3v) is 10.1. The molecule has 7 nitrogen and oxygen atoms in total. The van der Waals surface area contributed by atoms with E-state index < -0.39 is 12.0 Å². The van der Waals surface area contributed by atoms with E-state index in [1.165, 1.54) is 96.3 Å². The van der Waals surface area contributed by atoms with Crippen LogP contribution >= 0.6 is 0 Å². The quantitative estimate of drug-likeness (QED) is 0.0379. The highest BCUT2D eigenvalue weighted by Gasteiger charge is 2.24. The molecule has 55 heavy (non-hydrogen) atoms. The average Bonchev–Trinajstić information content (AvgIpc) is 3.16. The molecule has 0 saturated carbocycles. The van der Waals surface area contributed by atoms with E-state index in [4.69, 9.17) is 9.47 Å². The van der Waals surface area contributed by atoms with Gasteiger partial charge in [-0.2, -0.15) is 0 Å². The maximum atomic E-state index is 13.2. The number of amides is 1. The maximum Gasteiger partial charge on any atom is 0.328 e. The lowest BCUT2D eigenvalue weighted by Gasteiger charge is -2.20. The molecule has 0 aromatic heterocycles. The van der Waals surface area contributed by atoms with E-state index in [0.29, 0.717) is 19.4 Å². The van der Waals surface area contributed by atoms with Crippen LogP contribution < -0.4 is 5.32 Å². The van der Waals surface area contributed by atoms with Gasteiger partial charge in [0.1, 0.15) is 12.1 Å². The molecule has 0 rings (SSSR count). The number of esters is 2. The van der Waals surface area contributed by atoms with Crippen molar-refractivity contribution in [1.82, 2.24) is 10.2 Å². The van der Waals surface area contributed by atoms with Crippen LogP contribution in [0.2, 0.25) is 0 Å². The Hall–Kier alpha value is -2.41. The van der Waals surface area contributed by atoms with Crippen LogP contribution in [-0.4, -0.2) is 62.1 Å². The predicted octanol–water partition coefficient (Wildman–Crippen LogP) is 12.9. The number of nitrogens with one attached hydrogen (secondary N) is 1. The van der Waals surface area contributed by atoms with Crippen LogP contribution in [0.3, 0.4) is 0 Å². The SMILES string of the molecule is CCCCC/C=C\C/C=C\CCCCCCCCOC(=O)[C@H](CCC(=O)OC(CC/C=C\CCCCC)CCCCCCCCC)NC(=O)CCCN(C)C. The molecule has 0 bridgehead atoms. The summed E-state index contributed by atoms with van der Waals surface area (Å²) < 4.78 is 11.7. The number of carbonyl (C=O) groups is 3. The summed E-state index contributed by atoms with van der Waals surface area (Å²) in [7, 11) is 3.95. The van der Waals surface area contributed by atoms with Crippen molar-refractivity contribution < 1.29 is 23.9 Å². The van der Waals surface area contributed by atoms with Crippen molar-refractivity contribution in [1.29, 1.82) is 0 Å². The van der Waals surface area contributed by atoms with Gasteiger partial charge in [-0.1, -0.05) is 147 Å². The minimum atomic E-state index is -0.850. The van der Waals surface area contributed by atoms with Crippen LogP contribution in [0.1, 0.15) is 213 Å². The minimum Gasteiger partial charge on any atom is -0.464 e. The number of carbonyl (C=O) groups excluding carboxylic acids is 3. The summed E-state index contributed by atoms with van der Waals surface area (Å²) in [5, 5.41) is 2.87. The van der Waals surface area contributed by atoms with Crippen molar-refractivity contribution in [2.24, 2.45) is 0 Å². The zero-order valence-corrected chi connectivity index (χ0v) is 36.7. The van der Waals surface area contributed by atoms with Gasteiger partial charge in [-0.15, -0.1) is 0 Å². The lowest BCUT2D eigenvalue weighted by atomic mass is 10.0. The Morgan fingerprint density at radius 2 is 1.05 bits per heavy atom. The van der Waals surface area contributed by atoms with Gasteiger partial charge in [0, 0.05) is 12.8 Å². The summed E-state index contributed by atoms with van der Waals surface area (Å²) in [6.45, 7) is 7.82. The topological polar surface area (TPSA) is 84.9 Å². The Labute approximate surface area is 340 Å². The number of allylic oxidation sites excluding steroid dienone is 6. The molecule has 0 heterocycles. The molecule has 320 valence electrons. The molecule has 2 atom stereocenters. The molecule has 7 heteroatoms. The molecule has 0 aliphatic rings. The van der Waals surface area contributed by atoms with Gasteiger partial charge in [-0.25, -0.2) is 4.79 Å². The first kappa shape index (κ1) is 52.6. The van der Waals surface area contributed by atoms with Gasteiger partial charge in [-0.3, -0.25) is 9.59 Å². The molecule has 1 unspecified atom stereocenters. The Kier molecular flexibility index (Phi) is 39.4. The summed E-state index contributed by atoms with van der Waals surface area (Å²) in [5.74, 6) is -0.942. The minimum absolute atomic E-state index is 0.0725. The second kappa shape index (κ2) is 41.2. The first-order valence-corrected chi connectivity index (χ1v) is 23.1. The summed E-state index contributed by atoms with van der Waals surface area (Å²) in [5.41, 5.74) is 0. The lowest BCUT2D eigenvalue weighted by molar-refractivity contribution is -0.152. The second-order valence-electron chi connectivity index (χ2n) is 15.9. The van der Waals surface area contributed by atoms with Gasteiger partial charge in [0.15, 0.2) is 0 Å². The summed E-state index contributed by atoms with van der Waals surface area (Å²) in [4.78, 5) is 41.1. The predicted molar refractivity (Wildman–Crippen MR) is 234 cm³/mol. The third-order valence-electron chi connectivity index (χ3n) is 10.1. The van der Waals surface area contributed by atoms with E-state index in [9.17, 15) is 14.4 Å². The van der Waals surface area contributed by atoms with E-state index in [-0.39, 0.29) is 30.8 Å². The largest absolute Gasteiger partial charge is 0.464 e. The van der Waals surface area contributed by atoms with Crippen LogP contribution in [0.5, 0.6) is 0 Å². The van der Waals surface area contributed by atoms with Gasteiger partial charge in [-0.05, 0) is 111 Å². The van der Waals surface area contributed by atoms with Crippen LogP contribution in [0.4, 0.5) is 0 Å². The number of hydrogen-bond donors (Lipinski definition) is 1. The fourth-order valence-electron chi connectivity index (χ4n) is 6.56. The van der Waals surface area contributed by atoms with Gasteiger partial charge >= 0.3 is 11.9 Å². The van der Waals surface area contributed by atoms with Crippen LogP contribution in [-0.2, 0) is 23.9 Å². The molecule has 0 saturated heterocycles. The number of rotatable bonds is 40. The molecule has 1 N–H and O–H groups in total. The third kappa shape index (κ3) is 38.3. The number of nitrogens with zero attached hydrogens (tertiary/aromatic N) is 1. The number of ether oxygens (including phenoxy) is 2. The molecular weight excluding hydrogens is 685 g/mol. The van der Waals surface area contributed by atoms with Crippen molar-refractivity contribution in [3.8, 4) is 0 Å². The van der Waals surface area contributed by atoms with Crippen molar-refractivity contribution in [2.45, 2.75) is 226 Å². The molecular formula is C48H88N2O5. The van der Waals surface area contributed by atoms with E-state index in [1.54, 1.807) is 0 Å². The van der Waals surface area contributed by atoms with Crippen molar-refractivity contribution in [3.63, 3.8) is 0 Å². The summed E-state index contributed by atoms with van der Waals surface area (Å²) in [6, 6.07) is -0.850. The smallest absolute Gasteiger partial charge is 0.328 e. The zero-order chi connectivity index (χ0) is 40.5. The Morgan fingerprint density at radius 3 is 1.67 bits per heavy atom. The highest BCUT2D eigenvalue weighted by molar-refractivity contribution is 5.85. The van der Waals surface area contributed by atoms with Gasteiger partial charge in [0.25, 0.3) is 0 Å². The zero-order valence-electron chi connectivity index (χ0n) is 36.7. The fraction of sp³-hybridized carbons (Fsp3) is 0.812. The van der Waals surface area contributed by atoms with Crippen molar-refractivity contribution >= 4 is 17.8 Å². The average molecular weight is 773 g/mol. The van der Waals surface area contributed by atoms with E-state index >= 15 is 0 Å².